The topological polar surface area (TPSA) is 55.8 Å². The van der Waals surface area contributed by atoms with Gasteiger partial charge >= 0.3 is 12.1 Å². The van der Waals surface area contributed by atoms with Crippen LogP contribution in [-0.2, 0) is 14.3 Å². The summed E-state index contributed by atoms with van der Waals surface area (Å²) in [5.41, 5.74) is -1.94. The van der Waals surface area contributed by atoms with E-state index in [2.05, 4.69) is 0 Å². The quantitative estimate of drug-likeness (QED) is 0.750. The van der Waals surface area contributed by atoms with Gasteiger partial charge < -0.3 is 9.47 Å². The molecule has 0 aromatic carbocycles. The van der Waals surface area contributed by atoms with Gasteiger partial charge in [0.2, 0.25) is 0 Å². The average molecular weight is 289 g/mol. The van der Waals surface area contributed by atoms with E-state index in [0.717, 1.165) is 0 Å². The second-order valence-corrected chi connectivity index (χ2v) is 6.17. The number of likely N-dealkylation sites (tertiary alicyclic amines) is 1. The summed E-state index contributed by atoms with van der Waals surface area (Å²) in [6.07, 6.45) is -0.947. The standard InChI is InChI=1S/C14H24FNO4/c1-6-7-14(11(17)19-5)8-10(15)9-16(14)12(18)20-13(2,3)4/h10H,6-9H2,1-5H3. The van der Waals surface area contributed by atoms with Gasteiger partial charge in [-0.05, 0) is 27.2 Å². The summed E-state index contributed by atoms with van der Waals surface area (Å²) in [5, 5.41) is 0. The predicted molar refractivity (Wildman–Crippen MR) is 72.1 cm³/mol. The fourth-order valence-electron chi connectivity index (χ4n) is 2.62. The van der Waals surface area contributed by atoms with Gasteiger partial charge in [-0.15, -0.1) is 0 Å². The van der Waals surface area contributed by atoms with Crippen LogP contribution in [0.3, 0.4) is 0 Å². The molecule has 0 spiro atoms. The van der Waals surface area contributed by atoms with Crippen LogP contribution in [0.2, 0.25) is 0 Å². The highest BCUT2D eigenvalue weighted by Crippen LogP contribution is 2.37. The molecule has 1 amide bonds. The lowest BCUT2D eigenvalue weighted by molar-refractivity contribution is -0.153. The molecular weight excluding hydrogens is 265 g/mol. The zero-order valence-corrected chi connectivity index (χ0v) is 12.9. The molecule has 0 aromatic heterocycles. The van der Waals surface area contributed by atoms with E-state index in [1.54, 1.807) is 20.8 Å². The van der Waals surface area contributed by atoms with Crippen LogP contribution < -0.4 is 0 Å². The minimum absolute atomic E-state index is 0.0350. The molecule has 5 nitrogen and oxygen atoms in total. The highest BCUT2D eigenvalue weighted by Gasteiger charge is 2.55. The number of amides is 1. The molecule has 116 valence electrons. The van der Waals surface area contributed by atoms with E-state index in [4.69, 9.17) is 9.47 Å². The van der Waals surface area contributed by atoms with Crippen LogP contribution in [0.4, 0.5) is 9.18 Å². The summed E-state index contributed by atoms with van der Waals surface area (Å²) < 4.78 is 23.9. The van der Waals surface area contributed by atoms with E-state index in [1.165, 1.54) is 12.0 Å². The molecule has 6 heteroatoms. The van der Waals surface area contributed by atoms with Crippen LogP contribution >= 0.6 is 0 Å². The van der Waals surface area contributed by atoms with E-state index in [0.29, 0.717) is 12.8 Å². The molecule has 20 heavy (non-hydrogen) atoms. The number of hydrogen-bond acceptors (Lipinski definition) is 4. The van der Waals surface area contributed by atoms with E-state index < -0.39 is 29.4 Å². The molecule has 1 aliphatic heterocycles. The number of esters is 1. The van der Waals surface area contributed by atoms with E-state index in [9.17, 15) is 14.0 Å². The Hall–Kier alpha value is -1.33. The molecule has 1 aliphatic rings. The molecular formula is C14H24FNO4. The van der Waals surface area contributed by atoms with Gasteiger partial charge in [0.15, 0.2) is 0 Å². The first-order chi connectivity index (χ1) is 9.16. The summed E-state index contributed by atoms with van der Waals surface area (Å²) in [6.45, 7) is 6.93. The van der Waals surface area contributed by atoms with Crippen molar-refractivity contribution < 1.29 is 23.5 Å². The summed E-state index contributed by atoms with van der Waals surface area (Å²) in [6, 6.07) is 0. The fraction of sp³-hybridized carbons (Fsp3) is 0.857. The Bertz CT molecular complexity index is 380. The van der Waals surface area contributed by atoms with Crippen molar-refractivity contribution in [1.82, 2.24) is 4.90 Å². The predicted octanol–water partition coefficient (Wildman–Crippen LogP) is 2.68. The lowest BCUT2D eigenvalue weighted by atomic mass is 9.90. The van der Waals surface area contributed by atoms with Crippen LogP contribution in [0, 0.1) is 0 Å². The monoisotopic (exact) mass is 289 g/mol. The van der Waals surface area contributed by atoms with Gasteiger partial charge in [-0.25, -0.2) is 14.0 Å². The van der Waals surface area contributed by atoms with Crippen molar-refractivity contribution in [2.24, 2.45) is 0 Å². The second kappa shape index (κ2) is 5.97. The molecule has 0 N–H and O–H groups in total. The largest absolute Gasteiger partial charge is 0.467 e. The van der Waals surface area contributed by atoms with E-state index in [1.807, 2.05) is 6.92 Å². The van der Waals surface area contributed by atoms with Crippen LogP contribution in [0.15, 0.2) is 0 Å². The molecule has 0 bridgehead atoms. The summed E-state index contributed by atoms with van der Waals surface area (Å²) in [5.74, 6) is -0.578. The van der Waals surface area contributed by atoms with Crippen molar-refractivity contribution in [2.45, 2.75) is 64.3 Å². The number of hydrogen-bond donors (Lipinski definition) is 0. The second-order valence-electron chi connectivity index (χ2n) is 6.17. The minimum atomic E-state index is -1.24. The lowest BCUT2D eigenvalue weighted by Gasteiger charge is -2.36. The van der Waals surface area contributed by atoms with Crippen molar-refractivity contribution in [3.8, 4) is 0 Å². The molecule has 0 aromatic rings. The number of carbonyl (C=O) groups is 2. The molecule has 0 radical (unpaired) electrons. The van der Waals surface area contributed by atoms with E-state index >= 15 is 0 Å². The molecule has 0 aliphatic carbocycles. The van der Waals surface area contributed by atoms with Crippen molar-refractivity contribution in [3.05, 3.63) is 0 Å². The third-order valence-corrected chi connectivity index (χ3v) is 3.30. The zero-order valence-electron chi connectivity index (χ0n) is 12.9. The Labute approximate surface area is 119 Å². The Kier molecular flexibility index (Phi) is 5.00. The maximum atomic E-state index is 13.8. The third kappa shape index (κ3) is 3.41. The van der Waals surface area contributed by atoms with Crippen molar-refractivity contribution in [1.29, 1.82) is 0 Å². The number of halogens is 1. The van der Waals surface area contributed by atoms with Gasteiger partial charge in [-0.3, -0.25) is 4.90 Å². The first-order valence-corrected chi connectivity index (χ1v) is 6.89. The summed E-state index contributed by atoms with van der Waals surface area (Å²) >= 11 is 0. The molecule has 2 atom stereocenters. The average Bonchev–Trinajstić information content (AvgIpc) is 2.65. The number of nitrogens with zero attached hydrogens (tertiary/aromatic N) is 1. The highest BCUT2D eigenvalue weighted by atomic mass is 19.1. The summed E-state index contributed by atoms with van der Waals surface area (Å²) in [7, 11) is 1.25. The first kappa shape index (κ1) is 16.7. The Morgan fingerprint density at radius 1 is 1.40 bits per heavy atom. The maximum absolute atomic E-state index is 13.8. The molecule has 1 saturated heterocycles. The van der Waals surface area contributed by atoms with Gasteiger partial charge in [0, 0.05) is 6.42 Å². The molecule has 0 saturated carbocycles. The van der Waals surface area contributed by atoms with Gasteiger partial charge in [-0.1, -0.05) is 13.3 Å². The smallest absolute Gasteiger partial charge is 0.411 e. The van der Waals surface area contributed by atoms with Gasteiger partial charge in [-0.2, -0.15) is 0 Å². The van der Waals surface area contributed by atoms with Crippen LogP contribution in [0.5, 0.6) is 0 Å². The molecule has 1 rings (SSSR count). The first-order valence-electron chi connectivity index (χ1n) is 6.89. The summed E-state index contributed by atoms with van der Waals surface area (Å²) in [4.78, 5) is 25.6. The number of rotatable bonds is 3. The molecule has 1 heterocycles. The van der Waals surface area contributed by atoms with Crippen molar-refractivity contribution in [3.63, 3.8) is 0 Å². The SMILES string of the molecule is CCCC1(C(=O)OC)CC(F)CN1C(=O)OC(C)(C)C. The Morgan fingerprint density at radius 2 is 2.00 bits per heavy atom. The number of methoxy groups -OCH3 is 1. The maximum Gasteiger partial charge on any atom is 0.411 e. The van der Waals surface area contributed by atoms with Crippen LogP contribution in [0.1, 0.15) is 47.0 Å². The number of ether oxygens (including phenoxy) is 2. The fourth-order valence-corrected chi connectivity index (χ4v) is 2.62. The van der Waals surface area contributed by atoms with Crippen LogP contribution in [-0.4, -0.2) is 47.9 Å². The number of alkyl halides is 1. The molecule has 1 fully saturated rings. The van der Waals surface area contributed by atoms with Gasteiger partial charge in [0.05, 0.1) is 13.7 Å². The number of carbonyl (C=O) groups excluding carboxylic acids is 2. The van der Waals surface area contributed by atoms with Gasteiger partial charge in [0.1, 0.15) is 17.3 Å². The highest BCUT2D eigenvalue weighted by molar-refractivity contribution is 5.86. The normalized spacial score (nSPS) is 26.5. The lowest BCUT2D eigenvalue weighted by Crippen LogP contribution is -2.54. The zero-order chi connectivity index (χ0) is 15.6. The third-order valence-electron chi connectivity index (χ3n) is 3.30. The Balaban J connectivity index is 3.06. The van der Waals surface area contributed by atoms with E-state index in [-0.39, 0.29) is 13.0 Å². The minimum Gasteiger partial charge on any atom is -0.467 e. The molecule has 2 unspecified atom stereocenters. The van der Waals surface area contributed by atoms with Crippen molar-refractivity contribution in [2.75, 3.05) is 13.7 Å². The van der Waals surface area contributed by atoms with Crippen LogP contribution in [0.25, 0.3) is 0 Å². The Morgan fingerprint density at radius 3 is 2.45 bits per heavy atom. The van der Waals surface area contributed by atoms with Crippen molar-refractivity contribution >= 4 is 12.1 Å². The van der Waals surface area contributed by atoms with Gasteiger partial charge in [0.25, 0.3) is 0 Å².